The molecule has 1 atom stereocenters. The average molecular weight is 231 g/mol. The van der Waals surface area contributed by atoms with Crippen molar-refractivity contribution in [2.24, 2.45) is 0 Å². The fraction of sp³-hybridized carbons (Fsp3) is 0.833. The highest BCUT2D eigenvalue weighted by Gasteiger charge is 2.13. The second-order valence-electron chi connectivity index (χ2n) is 3.80. The van der Waals surface area contributed by atoms with Gasteiger partial charge in [0.05, 0.1) is 0 Å². The maximum atomic E-state index is 11.1. The predicted molar refractivity (Wildman–Crippen MR) is 66.4 cm³/mol. The van der Waals surface area contributed by atoms with Gasteiger partial charge in [-0.1, -0.05) is 52.0 Å². The Balaban J connectivity index is 3.04. The summed E-state index contributed by atoms with van der Waals surface area (Å²) in [5.41, 5.74) is 0. The predicted octanol–water partition coefficient (Wildman–Crippen LogP) is 5.03. The second-order valence-corrected chi connectivity index (χ2v) is 5.13. The average Bonchev–Trinajstić information content (AvgIpc) is 2.22. The van der Waals surface area contributed by atoms with Gasteiger partial charge in [-0.05, 0) is 17.4 Å². The fourth-order valence-corrected chi connectivity index (χ4v) is 2.26. The SMILES string of the molecule is C=CO[P+](=O)CCCCCCCCCC. The quantitative estimate of drug-likeness (QED) is 0.283. The molecule has 0 saturated heterocycles. The molecular weight excluding hydrogens is 207 g/mol. The number of rotatable bonds is 11. The highest BCUT2D eigenvalue weighted by atomic mass is 31.1. The molecular formula is C12H24O2P+. The maximum Gasteiger partial charge on any atom is 0.555 e. The van der Waals surface area contributed by atoms with E-state index >= 15 is 0 Å². The zero-order valence-electron chi connectivity index (χ0n) is 9.91. The molecule has 0 N–H and O–H groups in total. The first-order valence-corrected chi connectivity index (χ1v) is 7.40. The normalized spacial score (nSPS) is 11.1. The fourth-order valence-electron chi connectivity index (χ4n) is 1.51. The summed E-state index contributed by atoms with van der Waals surface area (Å²) in [6, 6.07) is 0. The lowest BCUT2D eigenvalue weighted by Crippen LogP contribution is -1.83. The molecule has 0 amide bonds. The molecule has 2 nitrogen and oxygen atoms in total. The molecule has 0 spiro atoms. The molecule has 1 unspecified atom stereocenters. The van der Waals surface area contributed by atoms with E-state index in [0.717, 1.165) is 6.42 Å². The van der Waals surface area contributed by atoms with Gasteiger partial charge in [0.25, 0.3) is 0 Å². The van der Waals surface area contributed by atoms with Gasteiger partial charge in [0.2, 0.25) is 0 Å². The van der Waals surface area contributed by atoms with Crippen molar-refractivity contribution in [1.82, 2.24) is 0 Å². The van der Waals surface area contributed by atoms with Gasteiger partial charge in [-0.3, -0.25) is 4.52 Å². The van der Waals surface area contributed by atoms with Crippen LogP contribution >= 0.6 is 8.03 Å². The Morgan fingerprint density at radius 3 is 2.13 bits per heavy atom. The molecule has 0 aromatic rings. The summed E-state index contributed by atoms with van der Waals surface area (Å²) in [5, 5.41) is 0. The van der Waals surface area contributed by atoms with E-state index in [1.807, 2.05) is 0 Å². The molecule has 0 rings (SSSR count). The lowest BCUT2D eigenvalue weighted by molar-refractivity contribution is 0.461. The number of hydrogen-bond donors (Lipinski definition) is 0. The van der Waals surface area contributed by atoms with Gasteiger partial charge in [0.15, 0.2) is 6.16 Å². The van der Waals surface area contributed by atoms with Gasteiger partial charge in [0, 0.05) is 0 Å². The van der Waals surface area contributed by atoms with Gasteiger partial charge in [-0.25, -0.2) is 0 Å². The summed E-state index contributed by atoms with van der Waals surface area (Å²) >= 11 is 0. The molecule has 0 aromatic carbocycles. The van der Waals surface area contributed by atoms with Crippen LogP contribution in [0, 0.1) is 0 Å². The smallest absolute Gasteiger partial charge is 0.263 e. The van der Waals surface area contributed by atoms with E-state index in [2.05, 4.69) is 13.5 Å². The molecule has 0 heterocycles. The lowest BCUT2D eigenvalue weighted by Gasteiger charge is -1.98. The highest BCUT2D eigenvalue weighted by molar-refractivity contribution is 7.39. The van der Waals surface area contributed by atoms with E-state index in [0.29, 0.717) is 6.16 Å². The first-order chi connectivity index (χ1) is 7.31. The molecule has 0 aromatic heterocycles. The molecule has 0 fully saturated rings. The molecule has 3 heteroatoms. The second kappa shape index (κ2) is 11.7. The first-order valence-electron chi connectivity index (χ1n) is 6.03. The lowest BCUT2D eigenvalue weighted by atomic mass is 10.1. The minimum absolute atomic E-state index is 0.677. The molecule has 0 aliphatic heterocycles. The molecule has 0 saturated carbocycles. The summed E-state index contributed by atoms with van der Waals surface area (Å²) in [6.07, 6.45) is 12.1. The Labute approximate surface area is 95.0 Å². The van der Waals surface area contributed by atoms with Crippen molar-refractivity contribution in [3.63, 3.8) is 0 Å². The summed E-state index contributed by atoms with van der Waals surface area (Å²) in [6.45, 7) is 5.61. The van der Waals surface area contributed by atoms with E-state index in [4.69, 9.17) is 4.52 Å². The van der Waals surface area contributed by atoms with Crippen molar-refractivity contribution >= 4 is 8.03 Å². The molecule has 0 bridgehead atoms. The minimum Gasteiger partial charge on any atom is -0.263 e. The van der Waals surface area contributed by atoms with Gasteiger partial charge in [0.1, 0.15) is 6.26 Å². The van der Waals surface area contributed by atoms with Crippen molar-refractivity contribution in [3.05, 3.63) is 12.8 Å². The summed E-state index contributed by atoms with van der Waals surface area (Å²) in [4.78, 5) is 0. The molecule has 0 aliphatic rings. The Bertz CT molecular complexity index is 169. The van der Waals surface area contributed by atoms with Crippen molar-refractivity contribution in [2.75, 3.05) is 6.16 Å². The van der Waals surface area contributed by atoms with Crippen LogP contribution in [0.1, 0.15) is 58.3 Å². The third kappa shape index (κ3) is 11.6. The standard InChI is InChI=1S/C12H24O2P/c1-3-5-6-7-8-9-10-11-12-15(13)14-4-2/h4H,2-3,5-12H2,1H3/q+1. The van der Waals surface area contributed by atoms with Crippen molar-refractivity contribution in [3.8, 4) is 0 Å². The Hall–Kier alpha value is -0.360. The molecule has 15 heavy (non-hydrogen) atoms. The van der Waals surface area contributed by atoms with Crippen LogP contribution in [0.4, 0.5) is 0 Å². The monoisotopic (exact) mass is 231 g/mol. The zero-order valence-corrected chi connectivity index (χ0v) is 10.8. The third-order valence-electron chi connectivity index (χ3n) is 2.39. The first kappa shape index (κ1) is 14.6. The summed E-state index contributed by atoms with van der Waals surface area (Å²) in [5.74, 6) is 0. The minimum atomic E-state index is -1.48. The van der Waals surface area contributed by atoms with Crippen LogP contribution in [0.15, 0.2) is 12.8 Å². The van der Waals surface area contributed by atoms with Gasteiger partial charge in [-0.2, -0.15) is 0 Å². The summed E-state index contributed by atoms with van der Waals surface area (Å²) in [7, 11) is -1.48. The van der Waals surface area contributed by atoms with Crippen LogP contribution in [0.3, 0.4) is 0 Å². The molecule has 0 radical (unpaired) electrons. The zero-order chi connectivity index (χ0) is 11.4. The van der Waals surface area contributed by atoms with Crippen LogP contribution in [-0.2, 0) is 9.09 Å². The topological polar surface area (TPSA) is 26.3 Å². The largest absolute Gasteiger partial charge is 0.555 e. The Morgan fingerprint density at radius 2 is 1.60 bits per heavy atom. The number of hydrogen-bond acceptors (Lipinski definition) is 2. The van der Waals surface area contributed by atoms with Crippen LogP contribution in [0.5, 0.6) is 0 Å². The maximum absolute atomic E-state index is 11.1. The van der Waals surface area contributed by atoms with E-state index in [-0.39, 0.29) is 0 Å². The van der Waals surface area contributed by atoms with E-state index in [1.165, 1.54) is 51.2 Å². The summed E-state index contributed by atoms with van der Waals surface area (Å²) < 4.78 is 15.8. The van der Waals surface area contributed by atoms with Crippen molar-refractivity contribution in [1.29, 1.82) is 0 Å². The number of unbranched alkanes of at least 4 members (excludes halogenated alkanes) is 7. The molecule has 88 valence electrons. The van der Waals surface area contributed by atoms with E-state index < -0.39 is 8.03 Å². The van der Waals surface area contributed by atoms with Crippen LogP contribution in [0.2, 0.25) is 0 Å². The van der Waals surface area contributed by atoms with E-state index in [1.54, 1.807) is 0 Å². The van der Waals surface area contributed by atoms with Crippen molar-refractivity contribution < 1.29 is 9.09 Å². The van der Waals surface area contributed by atoms with Crippen LogP contribution in [0.25, 0.3) is 0 Å². The van der Waals surface area contributed by atoms with Gasteiger partial charge >= 0.3 is 8.03 Å². The van der Waals surface area contributed by atoms with Crippen LogP contribution < -0.4 is 0 Å². The van der Waals surface area contributed by atoms with Gasteiger partial charge < -0.3 is 0 Å². The highest BCUT2D eigenvalue weighted by Crippen LogP contribution is 2.24. The Kier molecular flexibility index (Phi) is 11.4. The van der Waals surface area contributed by atoms with Crippen molar-refractivity contribution in [2.45, 2.75) is 58.3 Å². The van der Waals surface area contributed by atoms with Gasteiger partial charge in [-0.15, -0.1) is 0 Å². The van der Waals surface area contributed by atoms with E-state index in [9.17, 15) is 4.57 Å². The Morgan fingerprint density at radius 1 is 1.07 bits per heavy atom. The molecule has 0 aliphatic carbocycles. The van der Waals surface area contributed by atoms with Crippen LogP contribution in [-0.4, -0.2) is 6.16 Å². The third-order valence-corrected chi connectivity index (χ3v) is 3.45.